The van der Waals surface area contributed by atoms with Gasteiger partial charge in [-0.05, 0) is 87.0 Å². The fourth-order valence-corrected chi connectivity index (χ4v) is 5.24. The van der Waals surface area contributed by atoms with Gasteiger partial charge in [-0.3, -0.25) is 4.79 Å². The van der Waals surface area contributed by atoms with Gasteiger partial charge < -0.3 is 15.2 Å². The predicted molar refractivity (Wildman–Crippen MR) is 146 cm³/mol. The number of carboxylic acids is 1. The van der Waals surface area contributed by atoms with E-state index in [2.05, 4.69) is 15.1 Å². The lowest BCUT2D eigenvalue weighted by Gasteiger charge is -2.17. The number of carboxylic acid groups (broad SMARTS) is 1. The maximum atomic E-state index is 13.6. The van der Waals surface area contributed by atoms with Crippen LogP contribution >= 0.6 is 0 Å². The summed E-state index contributed by atoms with van der Waals surface area (Å²) in [4.78, 5) is 24.2. The Balaban J connectivity index is 1.80. The van der Waals surface area contributed by atoms with Crippen LogP contribution in [-0.4, -0.2) is 41.2 Å². The first kappa shape index (κ1) is 29.4. The molecule has 1 atom stereocenters. The molecule has 0 aliphatic heterocycles. The molecule has 41 heavy (non-hydrogen) atoms. The molecule has 0 aliphatic rings. The average molecular weight is 585 g/mol. The number of carbonyl (C=O) groups is 2. The maximum absolute atomic E-state index is 13.6. The highest BCUT2D eigenvalue weighted by molar-refractivity contribution is 7.89. The second-order valence-corrected chi connectivity index (χ2v) is 10.8. The highest BCUT2D eigenvalue weighted by atomic mass is 32.2. The molecule has 0 fully saturated rings. The van der Waals surface area contributed by atoms with Gasteiger partial charge in [-0.2, -0.15) is 9.78 Å². The first-order valence-corrected chi connectivity index (χ1v) is 13.9. The minimum Gasteiger partial charge on any atom is -0.476 e. The fraction of sp³-hybridized carbons (Fsp3) is 0.179. The van der Waals surface area contributed by atoms with E-state index in [4.69, 9.17) is 4.74 Å². The zero-order valence-electron chi connectivity index (χ0n) is 22.2. The lowest BCUT2D eigenvalue weighted by Crippen LogP contribution is -2.32. The van der Waals surface area contributed by atoms with Crippen LogP contribution < -0.4 is 14.8 Å². The predicted octanol–water partition coefficient (Wildman–Crippen LogP) is 5.28. The van der Waals surface area contributed by atoms with Gasteiger partial charge in [0.1, 0.15) is 22.3 Å². The molecule has 214 valence electrons. The largest absolute Gasteiger partial charge is 0.476 e. The number of ether oxygens (including phenoxy) is 1. The van der Waals surface area contributed by atoms with Crippen molar-refractivity contribution in [2.75, 3.05) is 5.32 Å². The van der Waals surface area contributed by atoms with Gasteiger partial charge in [-0.1, -0.05) is 6.92 Å². The monoisotopic (exact) mass is 584 g/mol. The lowest BCUT2D eigenvalue weighted by molar-refractivity contribution is 0.0689. The Morgan fingerprint density at radius 3 is 2.22 bits per heavy atom. The van der Waals surface area contributed by atoms with Crippen molar-refractivity contribution in [3.05, 3.63) is 95.2 Å². The molecule has 0 bridgehead atoms. The molecule has 4 aromatic rings. The van der Waals surface area contributed by atoms with Crippen LogP contribution in [0.1, 0.15) is 46.7 Å². The van der Waals surface area contributed by atoms with Crippen LogP contribution in [0.15, 0.2) is 71.6 Å². The number of hydrogen-bond acceptors (Lipinski definition) is 6. The smallest absolute Gasteiger partial charge is 0.356 e. The van der Waals surface area contributed by atoms with Crippen LogP contribution in [0.25, 0.3) is 5.69 Å². The number of aromatic carboxylic acids is 1. The number of sulfonamides is 1. The van der Waals surface area contributed by atoms with Crippen molar-refractivity contribution in [2.24, 2.45) is 0 Å². The second-order valence-electron chi connectivity index (χ2n) is 9.13. The van der Waals surface area contributed by atoms with Crippen molar-refractivity contribution >= 4 is 27.6 Å². The van der Waals surface area contributed by atoms with Crippen molar-refractivity contribution in [3.8, 4) is 17.3 Å². The highest BCUT2D eigenvalue weighted by Gasteiger charge is 2.27. The summed E-state index contributed by atoms with van der Waals surface area (Å²) in [7, 11) is -4.23. The van der Waals surface area contributed by atoms with E-state index in [-0.39, 0.29) is 44.7 Å². The molecule has 0 saturated carbocycles. The van der Waals surface area contributed by atoms with Crippen molar-refractivity contribution in [1.82, 2.24) is 14.5 Å². The standard InChI is InChI=1S/C28H26F2N4O6S/c1-4-16(2)33-41(38,39)24-15-21(31-26(35)18-5-7-19(29)8-6-18)11-14-23(24)40-27-17(3)25(28(36)37)32-34(27)22-12-9-20(30)10-13-22/h5-16,33H,4H2,1-3H3,(H,31,35)(H,36,37)/t16-/m1/s1. The minimum absolute atomic E-state index is 0.0914. The number of halogens is 2. The van der Waals surface area contributed by atoms with E-state index in [1.807, 2.05) is 0 Å². The number of benzene rings is 3. The summed E-state index contributed by atoms with van der Waals surface area (Å²) in [5.74, 6) is -3.30. The molecular formula is C28H26F2N4O6S. The molecule has 10 nitrogen and oxygen atoms in total. The molecule has 3 aromatic carbocycles. The minimum atomic E-state index is -4.23. The molecule has 3 N–H and O–H groups in total. The van der Waals surface area contributed by atoms with Gasteiger partial charge in [0.05, 0.1) is 5.69 Å². The second kappa shape index (κ2) is 11.9. The molecule has 0 spiro atoms. The van der Waals surface area contributed by atoms with Crippen molar-refractivity contribution in [1.29, 1.82) is 0 Å². The Bertz CT molecular complexity index is 1700. The molecule has 0 saturated heterocycles. The third kappa shape index (κ3) is 6.58. The van der Waals surface area contributed by atoms with Gasteiger partial charge in [0.2, 0.25) is 15.9 Å². The summed E-state index contributed by atoms with van der Waals surface area (Å²) in [5, 5.41) is 16.3. The normalized spacial score (nSPS) is 12.1. The summed E-state index contributed by atoms with van der Waals surface area (Å²) in [6.07, 6.45) is 0.481. The Morgan fingerprint density at radius 1 is 1.02 bits per heavy atom. The number of rotatable bonds is 10. The number of amides is 1. The summed E-state index contributed by atoms with van der Waals surface area (Å²) in [6.45, 7) is 4.90. The topological polar surface area (TPSA) is 140 Å². The molecule has 1 heterocycles. The van der Waals surface area contributed by atoms with E-state index >= 15 is 0 Å². The van der Waals surface area contributed by atoms with E-state index in [0.717, 1.165) is 28.9 Å². The molecule has 1 amide bonds. The van der Waals surface area contributed by atoms with Crippen LogP contribution in [0.3, 0.4) is 0 Å². The first-order chi connectivity index (χ1) is 19.4. The Morgan fingerprint density at radius 2 is 1.63 bits per heavy atom. The van der Waals surface area contributed by atoms with Gasteiger partial charge in [-0.15, -0.1) is 0 Å². The maximum Gasteiger partial charge on any atom is 0.356 e. The Hall–Kier alpha value is -4.62. The van der Waals surface area contributed by atoms with Crippen LogP contribution in [0.5, 0.6) is 11.6 Å². The quantitative estimate of drug-likeness (QED) is 0.230. The van der Waals surface area contributed by atoms with E-state index in [1.165, 1.54) is 49.4 Å². The van der Waals surface area contributed by atoms with Crippen LogP contribution in [0.4, 0.5) is 14.5 Å². The van der Waals surface area contributed by atoms with Gasteiger partial charge in [-0.25, -0.2) is 26.7 Å². The summed E-state index contributed by atoms with van der Waals surface area (Å²) < 4.78 is 63.4. The summed E-state index contributed by atoms with van der Waals surface area (Å²) in [6, 6.07) is 13.3. The zero-order valence-corrected chi connectivity index (χ0v) is 23.0. The SMILES string of the molecule is CC[C@@H](C)NS(=O)(=O)c1cc(NC(=O)c2ccc(F)cc2)ccc1Oc1c(C)c(C(=O)O)nn1-c1ccc(F)cc1. The Kier molecular flexibility index (Phi) is 8.49. The number of anilines is 1. The summed E-state index contributed by atoms with van der Waals surface area (Å²) >= 11 is 0. The number of aromatic nitrogens is 2. The molecule has 13 heteroatoms. The van der Waals surface area contributed by atoms with Gasteiger partial charge in [0.15, 0.2) is 5.69 Å². The van der Waals surface area contributed by atoms with Crippen molar-refractivity contribution in [2.45, 2.75) is 38.1 Å². The molecule has 0 radical (unpaired) electrons. The average Bonchev–Trinajstić information content (AvgIpc) is 3.25. The number of nitrogens with one attached hydrogen (secondary N) is 2. The molecule has 1 aromatic heterocycles. The third-order valence-corrected chi connectivity index (χ3v) is 7.73. The fourth-order valence-electron chi connectivity index (χ4n) is 3.76. The van der Waals surface area contributed by atoms with Gasteiger partial charge in [0, 0.05) is 22.9 Å². The zero-order chi connectivity index (χ0) is 29.9. The molecule has 0 aliphatic carbocycles. The van der Waals surface area contributed by atoms with E-state index in [0.29, 0.717) is 6.42 Å². The molecule has 4 rings (SSSR count). The van der Waals surface area contributed by atoms with Crippen LogP contribution in [0.2, 0.25) is 0 Å². The first-order valence-electron chi connectivity index (χ1n) is 12.4. The summed E-state index contributed by atoms with van der Waals surface area (Å²) in [5.41, 5.74) is 0.255. The highest BCUT2D eigenvalue weighted by Crippen LogP contribution is 2.35. The third-order valence-electron chi connectivity index (χ3n) is 6.11. The van der Waals surface area contributed by atoms with E-state index in [9.17, 15) is 31.9 Å². The van der Waals surface area contributed by atoms with Gasteiger partial charge >= 0.3 is 5.97 Å². The number of nitrogens with zero attached hydrogens (tertiary/aromatic N) is 2. The molecular weight excluding hydrogens is 558 g/mol. The van der Waals surface area contributed by atoms with Crippen molar-refractivity contribution in [3.63, 3.8) is 0 Å². The van der Waals surface area contributed by atoms with Gasteiger partial charge in [0.25, 0.3) is 5.91 Å². The lowest BCUT2D eigenvalue weighted by atomic mass is 10.2. The Labute approximate surface area is 234 Å². The number of hydrogen-bond donors (Lipinski definition) is 3. The van der Waals surface area contributed by atoms with Crippen molar-refractivity contribution < 1.29 is 36.6 Å². The van der Waals surface area contributed by atoms with Crippen LogP contribution in [0, 0.1) is 18.6 Å². The van der Waals surface area contributed by atoms with E-state index in [1.54, 1.807) is 13.8 Å². The number of carbonyl (C=O) groups excluding carboxylic acids is 1. The molecule has 0 unspecified atom stereocenters. The van der Waals surface area contributed by atoms with Crippen LogP contribution in [-0.2, 0) is 10.0 Å². The van der Waals surface area contributed by atoms with E-state index < -0.39 is 39.6 Å².